The molecule has 6 heteroatoms. The molecule has 0 bridgehead atoms. The molecule has 0 spiro atoms. The van der Waals surface area contributed by atoms with Crippen molar-refractivity contribution in [2.75, 3.05) is 12.3 Å². The molecule has 19 heavy (non-hydrogen) atoms. The van der Waals surface area contributed by atoms with Crippen LogP contribution in [0.3, 0.4) is 0 Å². The highest BCUT2D eigenvalue weighted by Gasteiger charge is 2.09. The number of fused-ring (bicyclic) bond motifs is 1. The molecule has 2 aromatic rings. The number of aromatic nitrogens is 1. The smallest absolute Gasteiger partial charge is 0.211 e. The second-order valence-corrected chi connectivity index (χ2v) is 6.83. The molecule has 1 aromatic carbocycles. The van der Waals surface area contributed by atoms with Gasteiger partial charge in [-0.25, -0.2) is 13.1 Å². The molecule has 0 aliphatic carbocycles. The molecule has 2 N–H and O–H groups in total. The van der Waals surface area contributed by atoms with Crippen LogP contribution in [0.4, 0.5) is 0 Å². The van der Waals surface area contributed by atoms with Crippen molar-refractivity contribution in [2.24, 2.45) is 0 Å². The Morgan fingerprint density at radius 1 is 1.37 bits per heavy atom. The maximum Gasteiger partial charge on any atom is 0.211 e. The quantitative estimate of drug-likeness (QED) is 0.861. The van der Waals surface area contributed by atoms with Gasteiger partial charge in [0.25, 0.3) is 0 Å². The van der Waals surface area contributed by atoms with Crippen LogP contribution in [0.25, 0.3) is 10.9 Å². The SMILES string of the molecule is CCCS(=O)(=O)NCCc1c[nH]c2cc(Cl)ccc12. The van der Waals surface area contributed by atoms with Crippen LogP contribution >= 0.6 is 11.6 Å². The topological polar surface area (TPSA) is 62.0 Å². The summed E-state index contributed by atoms with van der Waals surface area (Å²) in [4.78, 5) is 3.14. The van der Waals surface area contributed by atoms with Crippen molar-refractivity contribution >= 4 is 32.5 Å². The Hall–Kier alpha value is -1.04. The summed E-state index contributed by atoms with van der Waals surface area (Å²) in [6.45, 7) is 2.26. The van der Waals surface area contributed by atoms with E-state index >= 15 is 0 Å². The average molecular weight is 301 g/mol. The lowest BCUT2D eigenvalue weighted by Gasteiger charge is -2.04. The number of H-pyrrole nitrogens is 1. The number of hydrogen-bond acceptors (Lipinski definition) is 2. The third-order valence-electron chi connectivity index (χ3n) is 2.92. The fourth-order valence-corrected chi connectivity index (χ4v) is 3.31. The van der Waals surface area contributed by atoms with E-state index in [9.17, 15) is 8.42 Å². The summed E-state index contributed by atoms with van der Waals surface area (Å²) in [5, 5.41) is 1.77. The van der Waals surface area contributed by atoms with Crippen LogP contribution in [0, 0.1) is 0 Å². The summed E-state index contributed by atoms with van der Waals surface area (Å²) >= 11 is 5.92. The maximum absolute atomic E-state index is 11.5. The average Bonchev–Trinajstić information content (AvgIpc) is 2.71. The van der Waals surface area contributed by atoms with Gasteiger partial charge < -0.3 is 4.98 Å². The summed E-state index contributed by atoms with van der Waals surface area (Å²) < 4.78 is 25.7. The van der Waals surface area contributed by atoms with Gasteiger partial charge >= 0.3 is 0 Å². The van der Waals surface area contributed by atoms with Crippen LogP contribution in [-0.4, -0.2) is 25.7 Å². The second-order valence-electron chi connectivity index (χ2n) is 4.47. The van der Waals surface area contributed by atoms with Gasteiger partial charge in [0.05, 0.1) is 5.75 Å². The minimum absolute atomic E-state index is 0.177. The lowest BCUT2D eigenvalue weighted by atomic mass is 10.1. The third kappa shape index (κ3) is 3.72. The number of nitrogens with one attached hydrogen (secondary N) is 2. The minimum atomic E-state index is -3.13. The van der Waals surface area contributed by atoms with E-state index in [1.54, 1.807) is 0 Å². The Kier molecular flexibility index (Phi) is 4.50. The zero-order valence-electron chi connectivity index (χ0n) is 10.7. The van der Waals surface area contributed by atoms with Crippen molar-refractivity contribution in [1.82, 2.24) is 9.71 Å². The van der Waals surface area contributed by atoms with Crippen molar-refractivity contribution in [3.05, 3.63) is 35.0 Å². The predicted molar refractivity (Wildman–Crippen MR) is 79.1 cm³/mol. The van der Waals surface area contributed by atoms with E-state index in [4.69, 9.17) is 11.6 Å². The van der Waals surface area contributed by atoms with E-state index in [1.165, 1.54) is 0 Å². The van der Waals surface area contributed by atoms with Crippen molar-refractivity contribution in [3.8, 4) is 0 Å². The molecule has 0 fully saturated rings. The largest absolute Gasteiger partial charge is 0.361 e. The number of aromatic amines is 1. The first-order valence-corrected chi connectivity index (χ1v) is 8.27. The van der Waals surface area contributed by atoms with Gasteiger partial charge in [-0.05, 0) is 30.5 Å². The normalized spacial score (nSPS) is 12.1. The molecule has 0 saturated carbocycles. The van der Waals surface area contributed by atoms with Crippen LogP contribution < -0.4 is 4.72 Å². The molecular formula is C13H17ClN2O2S. The van der Waals surface area contributed by atoms with E-state index in [2.05, 4.69) is 9.71 Å². The maximum atomic E-state index is 11.5. The molecule has 4 nitrogen and oxygen atoms in total. The van der Waals surface area contributed by atoms with E-state index < -0.39 is 10.0 Å². The molecule has 0 atom stereocenters. The Labute approximate surface area is 118 Å². The Morgan fingerprint density at radius 2 is 2.16 bits per heavy atom. The highest BCUT2D eigenvalue weighted by Crippen LogP contribution is 2.22. The van der Waals surface area contributed by atoms with Gasteiger partial charge in [-0.1, -0.05) is 24.6 Å². The lowest BCUT2D eigenvalue weighted by molar-refractivity contribution is 0.580. The van der Waals surface area contributed by atoms with Crippen LogP contribution in [0.15, 0.2) is 24.4 Å². The Bertz CT molecular complexity index is 664. The first kappa shape index (κ1) is 14.4. The van der Waals surface area contributed by atoms with Gasteiger partial charge in [0.2, 0.25) is 10.0 Å². The number of benzene rings is 1. The zero-order valence-corrected chi connectivity index (χ0v) is 12.3. The molecule has 104 valence electrons. The van der Waals surface area contributed by atoms with Crippen molar-refractivity contribution in [3.63, 3.8) is 0 Å². The van der Waals surface area contributed by atoms with Crippen molar-refractivity contribution in [1.29, 1.82) is 0 Å². The summed E-state index contributed by atoms with van der Waals surface area (Å²) in [7, 11) is -3.13. The number of sulfonamides is 1. The summed E-state index contributed by atoms with van der Waals surface area (Å²) in [6, 6.07) is 5.65. The number of rotatable bonds is 6. The second kappa shape index (κ2) is 5.94. The molecule has 0 aliphatic heterocycles. The van der Waals surface area contributed by atoms with Gasteiger partial charge in [0.1, 0.15) is 0 Å². The standard InChI is InChI=1S/C13H17ClN2O2S/c1-2-7-19(17,18)16-6-5-10-9-15-13-8-11(14)3-4-12(10)13/h3-4,8-9,15-16H,2,5-7H2,1H3. The van der Waals surface area contributed by atoms with E-state index in [0.717, 1.165) is 16.5 Å². The van der Waals surface area contributed by atoms with Crippen LogP contribution in [-0.2, 0) is 16.4 Å². The van der Waals surface area contributed by atoms with Gasteiger partial charge in [0.15, 0.2) is 0 Å². The van der Waals surface area contributed by atoms with Crippen LogP contribution in [0.2, 0.25) is 5.02 Å². The summed E-state index contributed by atoms with van der Waals surface area (Å²) in [5.41, 5.74) is 2.06. The predicted octanol–water partition coefficient (Wildman–Crippen LogP) is 2.69. The molecule has 0 aliphatic rings. The number of halogens is 1. The van der Waals surface area contributed by atoms with Gasteiger partial charge in [-0.15, -0.1) is 0 Å². The van der Waals surface area contributed by atoms with Gasteiger partial charge in [0, 0.05) is 28.7 Å². The summed E-state index contributed by atoms with van der Waals surface area (Å²) in [5.74, 6) is 0.177. The van der Waals surface area contributed by atoms with E-state index in [-0.39, 0.29) is 5.75 Å². The lowest BCUT2D eigenvalue weighted by Crippen LogP contribution is -2.28. The molecular weight excluding hydrogens is 284 g/mol. The number of hydrogen-bond donors (Lipinski definition) is 2. The molecule has 0 unspecified atom stereocenters. The van der Waals surface area contributed by atoms with Crippen molar-refractivity contribution in [2.45, 2.75) is 19.8 Å². The molecule has 0 amide bonds. The fraction of sp³-hybridized carbons (Fsp3) is 0.385. The Balaban J connectivity index is 2.03. The highest BCUT2D eigenvalue weighted by molar-refractivity contribution is 7.89. The zero-order chi connectivity index (χ0) is 13.9. The third-order valence-corrected chi connectivity index (χ3v) is 4.74. The van der Waals surface area contributed by atoms with Gasteiger partial charge in [-0.2, -0.15) is 0 Å². The summed E-state index contributed by atoms with van der Waals surface area (Å²) in [6.07, 6.45) is 3.18. The van der Waals surface area contributed by atoms with E-state index in [0.29, 0.717) is 24.4 Å². The van der Waals surface area contributed by atoms with Gasteiger partial charge in [-0.3, -0.25) is 0 Å². The molecule has 2 rings (SSSR count). The minimum Gasteiger partial charge on any atom is -0.361 e. The fourth-order valence-electron chi connectivity index (χ4n) is 2.05. The first-order chi connectivity index (χ1) is 9.02. The first-order valence-electron chi connectivity index (χ1n) is 6.24. The Morgan fingerprint density at radius 3 is 2.89 bits per heavy atom. The highest BCUT2D eigenvalue weighted by atomic mass is 35.5. The molecule has 1 aromatic heterocycles. The van der Waals surface area contributed by atoms with Crippen LogP contribution in [0.5, 0.6) is 0 Å². The van der Waals surface area contributed by atoms with E-state index in [1.807, 2.05) is 31.3 Å². The van der Waals surface area contributed by atoms with Crippen LogP contribution in [0.1, 0.15) is 18.9 Å². The monoisotopic (exact) mass is 300 g/mol. The van der Waals surface area contributed by atoms with Crippen molar-refractivity contribution < 1.29 is 8.42 Å². The molecule has 0 saturated heterocycles. The molecule has 1 heterocycles. The molecule has 0 radical (unpaired) electrons.